The maximum Gasteiger partial charge on any atom is 0.330 e. The Balaban J connectivity index is 2.12. The summed E-state index contributed by atoms with van der Waals surface area (Å²) in [4.78, 5) is 25.4. The second-order valence-corrected chi connectivity index (χ2v) is 8.19. The van der Waals surface area contributed by atoms with Crippen molar-refractivity contribution < 1.29 is 13.8 Å². The van der Waals surface area contributed by atoms with Crippen LogP contribution in [-0.2, 0) is 13.8 Å². The quantitative estimate of drug-likeness (QED) is 0.738. The van der Waals surface area contributed by atoms with Gasteiger partial charge < -0.3 is 13.8 Å². The van der Waals surface area contributed by atoms with E-state index in [1.54, 1.807) is 7.11 Å². The lowest BCUT2D eigenvalue weighted by Gasteiger charge is -2.36. The van der Waals surface area contributed by atoms with E-state index < -0.39 is 26.0 Å². The van der Waals surface area contributed by atoms with Gasteiger partial charge in [0.25, 0.3) is 14.1 Å². The van der Waals surface area contributed by atoms with Gasteiger partial charge >= 0.3 is 5.69 Å². The molecule has 2 heterocycles. The summed E-state index contributed by atoms with van der Waals surface area (Å²) in [5.41, 5.74) is -0.905. The average Bonchev–Trinajstić information content (AvgIpc) is 2.86. The molecule has 0 bridgehead atoms. The van der Waals surface area contributed by atoms with Crippen molar-refractivity contribution in [3.63, 3.8) is 0 Å². The molecule has 4 atom stereocenters. The van der Waals surface area contributed by atoms with Crippen molar-refractivity contribution in [3.05, 3.63) is 33.1 Å². The van der Waals surface area contributed by atoms with Crippen LogP contribution in [0.25, 0.3) is 0 Å². The highest BCUT2D eigenvalue weighted by atomic mass is 31.2. The average molecular weight is 373 g/mol. The van der Waals surface area contributed by atoms with Crippen molar-refractivity contribution in [2.75, 3.05) is 7.11 Å². The van der Waals surface area contributed by atoms with Gasteiger partial charge in [-0.05, 0) is 34.6 Å². The number of hydrogen-bond donors (Lipinski definition) is 1. The Morgan fingerprint density at radius 1 is 1.32 bits per heavy atom. The van der Waals surface area contributed by atoms with Gasteiger partial charge in [-0.2, -0.15) is 0 Å². The van der Waals surface area contributed by atoms with Gasteiger partial charge in [-0.1, -0.05) is 0 Å². The number of aromatic nitrogens is 2. The molecular formula is C16H28N3O5P. The van der Waals surface area contributed by atoms with Gasteiger partial charge in [0.15, 0.2) is 0 Å². The molecule has 1 fully saturated rings. The summed E-state index contributed by atoms with van der Waals surface area (Å²) in [5, 5.41) is 0. The lowest BCUT2D eigenvalue weighted by Crippen LogP contribution is -2.35. The van der Waals surface area contributed by atoms with Crippen LogP contribution in [0.1, 0.15) is 47.3 Å². The van der Waals surface area contributed by atoms with Gasteiger partial charge in [-0.3, -0.25) is 14.3 Å². The summed E-state index contributed by atoms with van der Waals surface area (Å²) < 4.78 is 21.3. The zero-order valence-electron chi connectivity index (χ0n) is 15.6. The maximum absolute atomic E-state index is 12.0. The van der Waals surface area contributed by atoms with E-state index in [-0.39, 0.29) is 24.3 Å². The van der Waals surface area contributed by atoms with Crippen LogP contribution in [0.3, 0.4) is 0 Å². The number of H-pyrrole nitrogens is 1. The van der Waals surface area contributed by atoms with Crippen LogP contribution in [-0.4, -0.2) is 45.6 Å². The van der Waals surface area contributed by atoms with E-state index >= 15 is 0 Å². The van der Waals surface area contributed by atoms with Crippen LogP contribution in [0.2, 0.25) is 0 Å². The minimum Gasteiger partial charge on any atom is -0.352 e. The lowest BCUT2D eigenvalue weighted by atomic mass is 10.2. The molecule has 142 valence electrons. The van der Waals surface area contributed by atoms with Gasteiger partial charge in [0.2, 0.25) is 0 Å². The molecule has 1 unspecified atom stereocenters. The SMILES string of the molecule is COP(O[C@@H]1C[C@H](n2ccc(=O)[nH]c2=O)O[C@@H]1C)N(C(C)C)C(C)C. The molecule has 0 aromatic carbocycles. The molecule has 1 aromatic heterocycles. The second-order valence-electron chi connectivity index (χ2n) is 6.68. The molecule has 0 radical (unpaired) electrons. The Morgan fingerprint density at radius 3 is 2.48 bits per heavy atom. The predicted octanol–water partition coefficient (Wildman–Crippen LogP) is 2.22. The third kappa shape index (κ3) is 4.77. The lowest BCUT2D eigenvalue weighted by molar-refractivity contribution is -0.00833. The molecule has 2 rings (SSSR count). The van der Waals surface area contributed by atoms with Gasteiger partial charge in [0, 0.05) is 37.9 Å². The third-order valence-corrected chi connectivity index (χ3v) is 6.18. The smallest absolute Gasteiger partial charge is 0.330 e. The van der Waals surface area contributed by atoms with E-state index in [0.717, 1.165) is 0 Å². The minimum atomic E-state index is -1.23. The number of hydrogen-bond acceptors (Lipinski definition) is 6. The maximum atomic E-state index is 12.0. The van der Waals surface area contributed by atoms with Crippen LogP contribution in [0.4, 0.5) is 0 Å². The van der Waals surface area contributed by atoms with Crippen molar-refractivity contribution in [2.45, 2.75) is 71.6 Å². The first-order valence-electron chi connectivity index (χ1n) is 8.50. The molecule has 25 heavy (non-hydrogen) atoms. The first kappa shape index (κ1) is 20.3. The highest BCUT2D eigenvalue weighted by Crippen LogP contribution is 2.48. The largest absolute Gasteiger partial charge is 0.352 e. The first-order valence-corrected chi connectivity index (χ1v) is 9.63. The number of nitrogens with one attached hydrogen (secondary N) is 1. The number of aromatic amines is 1. The van der Waals surface area contributed by atoms with E-state index in [4.69, 9.17) is 13.8 Å². The molecule has 1 aliphatic heterocycles. The zero-order valence-corrected chi connectivity index (χ0v) is 16.5. The number of rotatable bonds is 7. The molecule has 9 heteroatoms. The third-order valence-electron chi connectivity index (χ3n) is 4.12. The standard InChI is InChI=1S/C16H28N3O5P/c1-10(2)19(11(3)4)25(22-6)24-13-9-15(23-12(13)5)18-8-7-14(20)17-16(18)21/h7-8,10-13,15H,9H2,1-6H3,(H,17,20,21)/t12-,13-,15-,25?/m1/s1. The molecular weight excluding hydrogens is 345 g/mol. The van der Waals surface area contributed by atoms with Gasteiger partial charge in [0.1, 0.15) is 6.23 Å². The molecule has 0 amide bonds. The van der Waals surface area contributed by atoms with E-state index in [2.05, 4.69) is 37.3 Å². The Kier molecular flexibility index (Phi) is 6.93. The summed E-state index contributed by atoms with van der Waals surface area (Å²) in [6.07, 6.45) is 1.11. The predicted molar refractivity (Wildman–Crippen MR) is 96.4 cm³/mol. The fourth-order valence-corrected chi connectivity index (χ4v) is 4.65. The Labute approximate surface area is 149 Å². The van der Waals surface area contributed by atoms with E-state index in [9.17, 15) is 9.59 Å². The molecule has 1 saturated heterocycles. The minimum absolute atomic E-state index is 0.190. The van der Waals surface area contributed by atoms with Crippen LogP contribution >= 0.6 is 8.53 Å². The van der Waals surface area contributed by atoms with Crippen LogP contribution < -0.4 is 11.2 Å². The summed E-state index contributed by atoms with van der Waals surface area (Å²) in [7, 11) is 0.416. The van der Waals surface area contributed by atoms with Gasteiger partial charge in [-0.25, -0.2) is 9.46 Å². The highest BCUT2D eigenvalue weighted by Gasteiger charge is 2.38. The normalized spacial score (nSPS) is 25.2. The van der Waals surface area contributed by atoms with E-state index in [0.29, 0.717) is 6.42 Å². The van der Waals surface area contributed by atoms with E-state index in [1.807, 2.05) is 6.92 Å². The second kappa shape index (κ2) is 8.56. The number of nitrogens with zero attached hydrogens (tertiary/aromatic N) is 2. The van der Waals surface area contributed by atoms with Crippen LogP contribution in [0, 0.1) is 0 Å². The highest BCUT2D eigenvalue weighted by molar-refractivity contribution is 7.44. The molecule has 1 aromatic rings. The number of ether oxygens (including phenoxy) is 1. The van der Waals surface area contributed by atoms with Crippen molar-refractivity contribution in [2.24, 2.45) is 0 Å². The first-order chi connectivity index (χ1) is 11.7. The topological polar surface area (TPSA) is 85.8 Å². The van der Waals surface area contributed by atoms with E-state index in [1.165, 1.54) is 16.8 Å². The fourth-order valence-electron chi connectivity index (χ4n) is 3.02. The Morgan fingerprint density at radius 2 is 1.96 bits per heavy atom. The molecule has 8 nitrogen and oxygen atoms in total. The van der Waals surface area contributed by atoms with Crippen LogP contribution in [0.15, 0.2) is 21.9 Å². The summed E-state index contributed by atoms with van der Waals surface area (Å²) in [5.74, 6) is 0. The summed E-state index contributed by atoms with van der Waals surface area (Å²) >= 11 is 0. The molecule has 1 aliphatic rings. The fraction of sp³-hybridized carbons (Fsp3) is 0.750. The zero-order chi connectivity index (χ0) is 18.7. The Bertz CT molecular complexity index is 666. The van der Waals surface area contributed by atoms with Crippen LogP contribution in [0.5, 0.6) is 0 Å². The summed E-state index contributed by atoms with van der Waals surface area (Å²) in [6.45, 7) is 10.3. The van der Waals surface area contributed by atoms with Crippen molar-refractivity contribution >= 4 is 8.53 Å². The van der Waals surface area contributed by atoms with Gasteiger partial charge in [-0.15, -0.1) is 0 Å². The van der Waals surface area contributed by atoms with Gasteiger partial charge in [0.05, 0.1) is 12.2 Å². The van der Waals surface area contributed by atoms with Crippen molar-refractivity contribution in [1.29, 1.82) is 0 Å². The molecule has 0 spiro atoms. The molecule has 1 N–H and O–H groups in total. The Hall–Kier alpha value is -1.05. The molecule has 0 aliphatic carbocycles. The van der Waals surface area contributed by atoms with Crippen molar-refractivity contribution in [1.82, 2.24) is 14.2 Å². The summed E-state index contributed by atoms with van der Waals surface area (Å²) in [6, 6.07) is 1.87. The van der Waals surface area contributed by atoms with Crippen molar-refractivity contribution in [3.8, 4) is 0 Å². The monoisotopic (exact) mass is 373 g/mol. The molecule has 0 saturated carbocycles.